The number of nitrogens with zero attached hydrogens (tertiary/aromatic N) is 2. The van der Waals surface area contributed by atoms with E-state index in [1.54, 1.807) is 0 Å². The Kier molecular flexibility index (Phi) is 6.40. The van der Waals surface area contributed by atoms with Crippen molar-refractivity contribution in [3.63, 3.8) is 0 Å². The van der Waals surface area contributed by atoms with Gasteiger partial charge in [-0.15, -0.1) is 0 Å². The summed E-state index contributed by atoms with van der Waals surface area (Å²) in [6, 6.07) is 17.0. The molecular weight excluding hydrogens is 280 g/mol. The van der Waals surface area contributed by atoms with E-state index < -0.39 is 0 Å². The van der Waals surface area contributed by atoms with E-state index in [4.69, 9.17) is 4.99 Å². The fourth-order valence-electron chi connectivity index (χ4n) is 2.84. The molecule has 3 rings (SSSR count). The zero-order chi connectivity index (χ0) is 16.7. The molecule has 23 heavy (non-hydrogen) atoms. The summed E-state index contributed by atoms with van der Waals surface area (Å²) in [4.78, 5) is 7.26. The number of para-hydroxylation sites is 1. The predicted molar refractivity (Wildman–Crippen MR) is 102 cm³/mol. The zero-order valence-corrected chi connectivity index (χ0v) is 14.8. The lowest BCUT2D eigenvalue weighted by atomic mass is 10.1. The van der Waals surface area contributed by atoms with Crippen LogP contribution in [-0.2, 0) is 0 Å². The van der Waals surface area contributed by atoms with E-state index in [1.165, 1.54) is 42.7 Å². The van der Waals surface area contributed by atoms with Crippen molar-refractivity contribution in [1.82, 2.24) is 0 Å². The van der Waals surface area contributed by atoms with Crippen LogP contribution in [0.2, 0.25) is 0 Å². The summed E-state index contributed by atoms with van der Waals surface area (Å²) in [7, 11) is 0. The number of aliphatic imine (C=N–C) groups is 1. The molecule has 0 N–H and O–H groups in total. The molecule has 0 aromatic heterocycles. The van der Waals surface area contributed by atoms with Gasteiger partial charge in [0.2, 0.25) is 0 Å². The molecule has 1 fully saturated rings. The summed E-state index contributed by atoms with van der Waals surface area (Å²) >= 11 is 0. The number of rotatable bonds is 3. The average Bonchev–Trinajstić information content (AvgIpc) is 3.13. The molecule has 1 aliphatic rings. The molecule has 1 aliphatic heterocycles. The molecule has 0 aliphatic carbocycles. The monoisotopic (exact) mass is 308 g/mol. The maximum atomic E-state index is 4.79. The van der Waals surface area contributed by atoms with Crippen LogP contribution in [0.5, 0.6) is 0 Å². The lowest BCUT2D eigenvalue weighted by molar-refractivity contribution is 0.949. The van der Waals surface area contributed by atoms with Crippen molar-refractivity contribution in [2.75, 3.05) is 18.0 Å². The first kappa shape index (κ1) is 17.3. The number of hydrogen-bond donors (Lipinski definition) is 0. The highest BCUT2D eigenvalue weighted by Crippen LogP contribution is 2.23. The molecule has 1 heterocycles. The van der Waals surface area contributed by atoms with Crippen molar-refractivity contribution in [1.29, 1.82) is 0 Å². The Labute approximate surface area is 140 Å². The highest BCUT2D eigenvalue weighted by molar-refractivity contribution is 6.01. The Bertz CT molecular complexity index is 652. The van der Waals surface area contributed by atoms with Crippen LogP contribution in [0, 0.1) is 6.92 Å². The molecule has 0 unspecified atom stereocenters. The molecule has 2 nitrogen and oxygen atoms in total. The summed E-state index contributed by atoms with van der Waals surface area (Å²) in [6.07, 6.45) is 2.61. The van der Waals surface area contributed by atoms with Crippen molar-refractivity contribution < 1.29 is 0 Å². The minimum absolute atomic E-state index is 1.06. The number of aryl methyl sites for hydroxylation is 1. The molecule has 2 aromatic rings. The van der Waals surface area contributed by atoms with Crippen molar-refractivity contribution in [3.8, 4) is 0 Å². The minimum Gasteiger partial charge on any atom is -0.372 e. The fraction of sp³-hybridized carbons (Fsp3) is 0.381. The van der Waals surface area contributed by atoms with Gasteiger partial charge in [0, 0.05) is 24.5 Å². The van der Waals surface area contributed by atoms with Gasteiger partial charge in [-0.3, -0.25) is 4.99 Å². The van der Waals surface area contributed by atoms with E-state index in [0.29, 0.717) is 0 Å². The summed E-state index contributed by atoms with van der Waals surface area (Å²) in [5.74, 6) is 0. The number of anilines is 1. The first-order valence-corrected chi connectivity index (χ1v) is 8.70. The van der Waals surface area contributed by atoms with Gasteiger partial charge in [-0.2, -0.15) is 0 Å². The van der Waals surface area contributed by atoms with E-state index in [1.807, 2.05) is 19.9 Å². The molecule has 2 aromatic carbocycles. The molecule has 2 heteroatoms. The lowest BCUT2D eigenvalue weighted by Gasteiger charge is -2.18. The third-order valence-corrected chi connectivity index (χ3v) is 4.14. The van der Waals surface area contributed by atoms with Crippen LogP contribution < -0.4 is 4.90 Å². The van der Waals surface area contributed by atoms with Gasteiger partial charge in [0.1, 0.15) is 0 Å². The normalized spacial score (nSPS) is 14.4. The summed E-state index contributed by atoms with van der Waals surface area (Å²) in [6.45, 7) is 10.6. The van der Waals surface area contributed by atoms with Gasteiger partial charge < -0.3 is 4.90 Å². The number of hydrogen-bond acceptors (Lipinski definition) is 2. The molecule has 0 amide bonds. The molecule has 0 bridgehead atoms. The molecule has 0 radical (unpaired) electrons. The Morgan fingerprint density at radius 1 is 0.957 bits per heavy atom. The molecular formula is C21H28N2. The second-order valence-electron chi connectivity index (χ2n) is 5.73. The molecule has 0 atom stereocenters. The second kappa shape index (κ2) is 8.52. The van der Waals surface area contributed by atoms with E-state index >= 15 is 0 Å². The molecule has 0 saturated carbocycles. The third-order valence-electron chi connectivity index (χ3n) is 4.14. The summed E-state index contributed by atoms with van der Waals surface area (Å²) in [5, 5.41) is 0. The number of benzene rings is 2. The van der Waals surface area contributed by atoms with Crippen LogP contribution in [0.15, 0.2) is 53.5 Å². The largest absolute Gasteiger partial charge is 0.372 e. The van der Waals surface area contributed by atoms with Crippen LogP contribution >= 0.6 is 0 Å². The molecule has 122 valence electrons. The van der Waals surface area contributed by atoms with Crippen LogP contribution in [0.4, 0.5) is 11.4 Å². The highest BCUT2D eigenvalue weighted by Gasteiger charge is 2.12. The third kappa shape index (κ3) is 4.44. The van der Waals surface area contributed by atoms with Crippen molar-refractivity contribution in [3.05, 3.63) is 59.7 Å². The van der Waals surface area contributed by atoms with E-state index in [-0.39, 0.29) is 0 Å². The average molecular weight is 308 g/mol. The van der Waals surface area contributed by atoms with Gasteiger partial charge in [-0.25, -0.2) is 0 Å². The standard InChI is InChI=1S/C19H22N2.C2H6/c1-15-8-3-4-11-19(15)20-16(2)17-9-7-10-18(14-17)21-12-5-6-13-21;1-2/h3-4,7-11,14H,5-6,12-13H2,1-2H3;1-2H3. The summed E-state index contributed by atoms with van der Waals surface area (Å²) in [5.41, 5.74) is 5.88. The van der Waals surface area contributed by atoms with Gasteiger partial charge in [0.25, 0.3) is 0 Å². The van der Waals surface area contributed by atoms with Crippen molar-refractivity contribution >= 4 is 17.1 Å². The SMILES string of the molecule is CC.CC(=Nc1ccccc1C)c1cccc(N2CCCC2)c1. The van der Waals surface area contributed by atoms with Crippen molar-refractivity contribution in [2.24, 2.45) is 4.99 Å². The second-order valence-corrected chi connectivity index (χ2v) is 5.73. The van der Waals surface area contributed by atoms with Crippen LogP contribution in [0.25, 0.3) is 0 Å². The zero-order valence-electron chi connectivity index (χ0n) is 14.8. The van der Waals surface area contributed by atoms with Crippen molar-refractivity contribution in [2.45, 2.75) is 40.5 Å². The highest BCUT2D eigenvalue weighted by atomic mass is 15.1. The van der Waals surface area contributed by atoms with Crippen LogP contribution in [0.1, 0.15) is 44.7 Å². The van der Waals surface area contributed by atoms with E-state index in [2.05, 4.69) is 61.2 Å². The van der Waals surface area contributed by atoms with Crippen LogP contribution in [-0.4, -0.2) is 18.8 Å². The first-order chi connectivity index (χ1) is 11.2. The van der Waals surface area contributed by atoms with E-state index in [0.717, 1.165) is 11.4 Å². The topological polar surface area (TPSA) is 15.6 Å². The van der Waals surface area contributed by atoms with Gasteiger partial charge in [0.15, 0.2) is 0 Å². The quantitative estimate of drug-likeness (QED) is 0.658. The van der Waals surface area contributed by atoms with Gasteiger partial charge in [-0.1, -0.05) is 44.2 Å². The van der Waals surface area contributed by atoms with E-state index in [9.17, 15) is 0 Å². The molecule has 0 spiro atoms. The maximum Gasteiger partial charge on any atom is 0.0662 e. The Morgan fingerprint density at radius 2 is 1.65 bits per heavy atom. The lowest BCUT2D eigenvalue weighted by Crippen LogP contribution is -2.17. The Balaban J connectivity index is 0.000000924. The minimum atomic E-state index is 1.06. The first-order valence-electron chi connectivity index (χ1n) is 8.70. The van der Waals surface area contributed by atoms with Gasteiger partial charge in [0.05, 0.1) is 5.69 Å². The maximum absolute atomic E-state index is 4.79. The van der Waals surface area contributed by atoms with Gasteiger partial charge in [-0.05, 0) is 56.0 Å². The molecule has 1 saturated heterocycles. The Morgan fingerprint density at radius 3 is 2.35 bits per heavy atom. The van der Waals surface area contributed by atoms with Crippen LogP contribution in [0.3, 0.4) is 0 Å². The Hall–Kier alpha value is -2.09. The predicted octanol–water partition coefficient (Wildman–Crippen LogP) is 5.76. The van der Waals surface area contributed by atoms with Gasteiger partial charge >= 0.3 is 0 Å². The summed E-state index contributed by atoms with van der Waals surface area (Å²) < 4.78 is 0. The smallest absolute Gasteiger partial charge is 0.0662 e. The fourth-order valence-corrected chi connectivity index (χ4v) is 2.84.